The Morgan fingerprint density at radius 3 is 2.45 bits per heavy atom. The van der Waals surface area contributed by atoms with Gasteiger partial charge in [-0.3, -0.25) is 4.79 Å². The number of benzene rings is 3. The largest absolute Gasteiger partial charge is 0.378 e. The molecule has 2 fully saturated rings. The van der Waals surface area contributed by atoms with Gasteiger partial charge in [0.1, 0.15) is 0 Å². The van der Waals surface area contributed by atoms with E-state index >= 15 is 0 Å². The first kappa shape index (κ1) is 18.7. The minimum atomic E-state index is 0.0107. The minimum Gasteiger partial charge on any atom is -0.378 e. The Morgan fingerprint density at radius 2 is 1.65 bits per heavy atom. The lowest BCUT2D eigenvalue weighted by Crippen LogP contribution is -2.35. The van der Waals surface area contributed by atoms with Crippen LogP contribution in [-0.2, 0) is 6.54 Å². The highest BCUT2D eigenvalue weighted by Gasteiger charge is 2.53. The number of hydrogen-bond acceptors (Lipinski definition) is 2. The molecular weight excluding hydrogens is 380 g/mol. The third-order valence-electron chi connectivity index (χ3n) is 7.80. The van der Waals surface area contributed by atoms with Crippen LogP contribution in [0.25, 0.3) is 0 Å². The molecule has 3 aromatic rings. The van der Waals surface area contributed by atoms with Crippen molar-refractivity contribution in [3.05, 3.63) is 101 Å². The summed E-state index contributed by atoms with van der Waals surface area (Å²) >= 11 is 0. The van der Waals surface area contributed by atoms with Gasteiger partial charge >= 0.3 is 0 Å². The molecule has 2 aliphatic carbocycles. The molecule has 6 rings (SSSR count). The molecule has 3 nitrogen and oxygen atoms in total. The fourth-order valence-electron chi connectivity index (χ4n) is 6.50. The molecule has 0 saturated heterocycles. The molecule has 31 heavy (non-hydrogen) atoms. The molecule has 3 heteroatoms. The molecule has 2 N–H and O–H groups in total. The lowest BCUT2D eigenvalue weighted by atomic mass is 9.68. The molecule has 3 aromatic carbocycles. The number of amides is 1. The van der Waals surface area contributed by atoms with Crippen LogP contribution in [0.4, 0.5) is 5.69 Å². The Hall–Kier alpha value is -3.07. The molecule has 0 unspecified atom stereocenters. The van der Waals surface area contributed by atoms with Crippen LogP contribution in [-0.4, -0.2) is 5.91 Å². The third kappa shape index (κ3) is 3.23. The summed E-state index contributed by atoms with van der Waals surface area (Å²) in [6.07, 6.45) is 4.02. The van der Waals surface area contributed by atoms with E-state index in [1.54, 1.807) is 0 Å². The van der Waals surface area contributed by atoms with Crippen molar-refractivity contribution >= 4 is 11.6 Å². The SMILES string of the molecule is O=C(NCc1ccccc1)c1ccc2c(c1)[C@@H]1[C@H]3CC[C@@H](C3)[C@H]1[C@H](c1ccccc1)N2. The smallest absolute Gasteiger partial charge is 0.251 e. The van der Waals surface area contributed by atoms with Crippen molar-refractivity contribution in [3.63, 3.8) is 0 Å². The maximum Gasteiger partial charge on any atom is 0.251 e. The summed E-state index contributed by atoms with van der Waals surface area (Å²) in [7, 11) is 0. The fraction of sp³-hybridized carbons (Fsp3) is 0.321. The van der Waals surface area contributed by atoms with Gasteiger partial charge in [-0.1, -0.05) is 60.7 Å². The number of carbonyl (C=O) groups is 1. The van der Waals surface area contributed by atoms with Crippen molar-refractivity contribution < 1.29 is 4.79 Å². The van der Waals surface area contributed by atoms with Gasteiger partial charge in [0, 0.05) is 17.8 Å². The summed E-state index contributed by atoms with van der Waals surface area (Å²) in [5.41, 5.74) is 5.85. The molecule has 1 amide bonds. The van der Waals surface area contributed by atoms with Gasteiger partial charge in [0.05, 0.1) is 6.04 Å². The van der Waals surface area contributed by atoms with Gasteiger partial charge in [-0.15, -0.1) is 0 Å². The highest BCUT2D eigenvalue weighted by molar-refractivity contribution is 5.95. The first-order valence-corrected chi connectivity index (χ1v) is 11.6. The summed E-state index contributed by atoms with van der Waals surface area (Å²) in [6.45, 7) is 0.557. The second-order valence-electron chi connectivity index (χ2n) is 9.44. The van der Waals surface area contributed by atoms with Crippen LogP contribution < -0.4 is 10.6 Å². The summed E-state index contributed by atoms with van der Waals surface area (Å²) in [6, 6.07) is 27.6. The van der Waals surface area contributed by atoms with Crippen LogP contribution in [0.5, 0.6) is 0 Å². The number of hydrogen-bond donors (Lipinski definition) is 2. The predicted octanol–water partition coefficient (Wildman–Crippen LogP) is 5.91. The van der Waals surface area contributed by atoms with E-state index in [0.717, 1.165) is 23.0 Å². The molecule has 1 aliphatic heterocycles. The number of rotatable bonds is 4. The Kier molecular flexibility index (Phi) is 4.56. The molecule has 0 radical (unpaired) electrons. The lowest BCUT2D eigenvalue weighted by molar-refractivity contribution is 0.0950. The summed E-state index contributed by atoms with van der Waals surface area (Å²) in [5.74, 6) is 2.73. The van der Waals surface area contributed by atoms with Gasteiger partial charge in [0.15, 0.2) is 0 Å². The number of fused-ring (bicyclic) bond motifs is 7. The zero-order chi connectivity index (χ0) is 20.8. The number of nitrogens with one attached hydrogen (secondary N) is 2. The molecule has 2 bridgehead atoms. The first-order valence-electron chi connectivity index (χ1n) is 11.6. The Balaban J connectivity index is 1.30. The number of anilines is 1. The van der Waals surface area contributed by atoms with E-state index in [1.807, 2.05) is 36.4 Å². The van der Waals surface area contributed by atoms with Crippen LogP contribution in [0.2, 0.25) is 0 Å². The van der Waals surface area contributed by atoms with E-state index in [4.69, 9.17) is 0 Å². The topological polar surface area (TPSA) is 41.1 Å². The van der Waals surface area contributed by atoms with Gasteiger partial charge in [-0.25, -0.2) is 0 Å². The molecule has 156 valence electrons. The molecule has 2 saturated carbocycles. The molecule has 0 aromatic heterocycles. The van der Waals surface area contributed by atoms with Crippen molar-refractivity contribution in [1.29, 1.82) is 0 Å². The van der Waals surface area contributed by atoms with Gasteiger partial charge in [0.25, 0.3) is 5.91 Å². The second kappa shape index (κ2) is 7.56. The molecular formula is C28H28N2O. The van der Waals surface area contributed by atoms with Crippen molar-refractivity contribution in [2.24, 2.45) is 17.8 Å². The molecule has 3 aliphatic rings. The van der Waals surface area contributed by atoms with E-state index < -0.39 is 0 Å². The normalized spacial score (nSPS) is 27.8. The molecule has 1 heterocycles. The maximum absolute atomic E-state index is 12.9. The second-order valence-corrected chi connectivity index (χ2v) is 9.44. The Bertz CT molecular complexity index is 1090. The van der Waals surface area contributed by atoms with Crippen molar-refractivity contribution in [1.82, 2.24) is 5.32 Å². The predicted molar refractivity (Wildman–Crippen MR) is 124 cm³/mol. The zero-order valence-corrected chi connectivity index (χ0v) is 17.6. The lowest BCUT2D eigenvalue weighted by Gasteiger charge is -2.43. The summed E-state index contributed by atoms with van der Waals surface area (Å²) < 4.78 is 0. The van der Waals surface area contributed by atoms with Crippen LogP contribution in [0.15, 0.2) is 78.9 Å². The van der Waals surface area contributed by atoms with E-state index in [1.165, 1.54) is 36.1 Å². The highest BCUT2D eigenvalue weighted by Crippen LogP contribution is 2.63. The minimum absolute atomic E-state index is 0.0107. The number of carbonyl (C=O) groups excluding carboxylic acids is 1. The van der Waals surface area contributed by atoms with Crippen LogP contribution in [0.3, 0.4) is 0 Å². The Morgan fingerprint density at radius 1 is 0.903 bits per heavy atom. The van der Waals surface area contributed by atoms with Crippen LogP contribution in [0, 0.1) is 17.8 Å². The molecule has 5 atom stereocenters. The average Bonchev–Trinajstić information content (AvgIpc) is 3.46. The van der Waals surface area contributed by atoms with Crippen LogP contribution in [0.1, 0.15) is 58.3 Å². The van der Waals surface area contributed by atoms with E-state index in [-0.39, 0.29) is 5.91 Å². The van der Waals surface area contributed by atoms with E-state index in [9.17, 15) is 4.79 Å². The van der Waals surface area contributed by atoms with Gasteiger partial charge in [-0.05, 0) is 77.8 Å². The van der Waals surface area contributed by atoms with Gasteiger partial charge < -0.3 is 10.6 Å². The highest BCUT2D eigenvalue weighted by atomic mass is 16.1. The Labute approximate surface area is 183 Å². The molecule has 0 spiro atoms. The monoisotopic (exact) mass is 408 g/mol. The average molecular weight is 409 g/mol. The maximum atomic E-state index is 12.9. The van der Waals surface area contributed by atoms with Crippen LogP contribution >= 0.6 is 0 Å². The van der Waals surface area contributed by atoms with Crippen molar-refractivity contribution in [3.8, 4) is 0 Å². The fourth-order valence-corrected chi connectivity index (χ4v) is 6.50. The summed E-state index contributed by atoms with van der Waals surface area (Å²) in [5, 5.41) is 6.95. The van der Waals surface area contributed by atoms with Gasteiger partial charge in [-0.2, -0.15) is 0 Å². The third-order valence-corrected chi connectivity index (χ3v) is 7.80. The summed E-state index contributed by atoms with van der Waals surface area (Å²) in [4.78, 5) is 12.9. The van der Waals surface area contributed by atoms with Gasteiger partial charge in [0.2, 0.25) is 0 Å². The zero-order valence-electron chi connectivity index (χ0n) is 17.6. The quantitative estimate of drug-likeness (QED) is 0.563. The van der Waals surface area contributed by atoms with Crippen molar-refractivity contribution in [2.75, 3.05) is 5.32 Å². The van der Waals surface area contributed by atoms with E-state index in [2.05, 4.69) is 53.1 Å². The standard InChI is InChI=1S/C28H28N2O/c31-28(29-17-18-7-3-1-4-8-18)22-13-14-24-23(16-22)25-20-11-12-21(15-20)26(25)27(30-24)19-9-5-2-6-10-19/h1-10,13-14,16,20-21,25-27,30H,11-12,15,17H2,(H,29,31)/t20-,21-,25-,26+,27-/m0/s1. The van der Waals surface area contributed by atoms with E-state index in [0.29, 0.717) is 24.4 Å². The van der Waals surface area contributed by atoms with Crippen molar-refractivity contribution in [2.45, 2.75) is 37.8 Å². The first-order chi connectivity index (χ1) is 15.3.